The summed E-state index contributed by atoms with van der Waals surface area (Å²) in [6.45, 7) is 8.55. The second kappa shape index (κ2) is 9.09. The van der Waals surface area contributed by atoms with Gasteiger partial charge >= 0.3 is 0 Å². The van der Waals surface area contributed by atoms with Crippen LogP contribution in [0.15, 0.2) is 30.3 Å². The lowest BCUT2D eigenvalue weighted by Crippen LogP contribution is -2.58. The maximum atomic E-state index is 13.2. The van der Waals surface area contributed by atoms with Crippen LogP contribution in [-0.4, -0.2) is 41.0 Å². The fourth-order valence-electron chi connectivity index (χ4n) is 6.22. The Kier molecular flexibility index (Phi) is 6.91. The molecule has 2 N–H and O–H groups in total. The van der Waals surface area contributed by atoms with Crippen LogP contribution in [0.25, 0.3) is 0 Å². The van der Waals surface area contributed by atoms with Crippen molar-refractivity contribution in [3.05, 3.63) is 35.9 Å². The summed E-state index contributed by atoms with van der Waals surface area (Å²) in [6, 6.07) is 10.1. The van der Waals surface area contributed by atoms with E-state index in [0.29, 0.717) is 6.54 Å². The van der Waals surface area contributed by atoms with Crippen LogP contribution in [-0.2, 0) is 16.1 Å². The molecule has 1 aromatic carbocycles. The molecule has 0 bridgehead atoms. The third-order valence-electron chi connectivity index (χ3n) is 7.95. The van der Waals surface area contributed by atoms with E-state index >= 15 is 0 Å². The summed E-state index contributed by atoms with van der Waals surface area (Å²) in [5, 5.41) is 14.5. The van der Waals surface area contributed by atoms with E-state index in [1.165, 1.54) is 0 Å². The Morgan fingerprint density at radius 3 is 2.50 bits per heavy atom. The Balaban J connectivity index is 1.72. The highest BCUT2D eigenvalue weighted by Crippen LogP contribution is 2.55. The van der Waals surface area contributed by atoms with E-state index < -0.39 is 6.10 Å². The maximum absolute atomic E-state index is 13.2. The molecule has 2 saturated carbocycles. The van der Waals surface area contributed by atoms with Crippen molar-refractivity contribution in [2.75, 3.05) is 7.05 Å². The molecular weight excluding hydrogens is 376 g/mol. The van der Waals surface area contributed by atoms with Crippen molar-refractivity contribution in [3.8, 4) is 0 Å². The van der Waals surface area contributed by atoms with Gasteiger partial charge in [-0.15, -0.1) is 0 Å². The van der Waals surface area contributed by atoms with Gasteiger partial charge in [0.25, 0.3) is 0 Å². The average Bonchev–Trinajstić information content (AvgIpc) is 2.70. The minimum absolute atomic E-state index is 0.0108. The Morgan fingerprint density at radius 1 is 1.23 bits per heavy atom. The number of hydrogen-bond donors (Lipinski definition) is 2. The minimum atomic E-state index is -0.528. The number of rotatable bonds is 5. The molecule has 0 saturated heterocycles. The highest BCUT2D eigenvalue weighted by molar-refractivity contribution is 5.78. The number of benzene rings is 1. The molecule has 166 valence electrons. The van der Waals surface area contributed by atoms with Crippen molar-refractivity contribution >= 4 is 11.8 Å². The van der Waals surface area contributed by atoms with Crippen LogP contribution < -0.4 is 5.32 Å². The summed E-state index contributed by atoms with van der Waals surface area (Å²) in [5.41, 5.74) is 1.18. The molecule has 2 fully saturated rings. The quantitative estimate of drug-likeness (QED) is 0.773. The van der Waals surface area contributed by atoms with Gasteiger partial charge in [-0.1, -0.05) is 51.1 Å². The lowest BCUT2D eigenvalue weighted by atomic mass is 9.51. The molecule has 3 rings (SSSR count). The molecule has 2 aliphatic rings. The SMILES string of the molecule is CC(=O)N[C@H]1CC[C@]2(C)CCC([C@H](C)C(=O)N(C)Cc3ccccc3)[C@H](O)[C@H]2[C@@H]1C. The summed E-state index contributed by atoms with van der Waals surface area (Å²) >= 11 is 0. The zero-order chi connectivity index (χ0) is 22.1. The monoisotopic (exact) mass is 414 g/mol. The van der Waals surface area contributed by atoms with Gasteiger partial charge < -0.3 is 15.3 Å². The third-order valence-corrected chi connectivity index (χ3v) is 7.95. The van der Waals surface area contributed by atoms with Gasteiger partial charge in [0.2, 0.25) is 11.8 Å². The van der Waals surface area contributed by atoms with E-state index in [9.17, 15) is 14.7 Å². The molecule has 0 radical (unpaired) electrons. The van der Waals surface area contributed by atoms with Gasteiger partial charge in [0.1, 0.15) is 0 Å². The lowest BCUT2D eigenvalue weighted by molar-refractivity contribution is -0.150. The normalized spacial score (nSPS) is 34.5. The summed E-state index contributed by atoms with van der Waals surface area (Å²) in [6.07, 6.45) is 3.33. The fraction of sp³-hybridized carbons (Fsp3) is 0.680. The Morgan fingerprint density at radius 2 is 1.87 bits per heavy atom. The van der Waals surface area contributed by atoms with E-state index in [2.05, 4.69) is 19.2 Å². The number of fused-ring (bicyclic) bond motifs is 1. The fourth-order valence-corrected chi connectivity index (χ4v) is 6.22. The van der Waals surface area contributed by atoms with Crippen molar-refractivity contribution < 1.29 is 14.7 Å². The number of amides is 2. The maximum Gasteiger partial charge on any atom is 0.225 e. The van der Waals surface area contributed by atoms with Gasteiger partial charge in [-0.3, -0.25) is 9.59 Å². The van der Waals surface area contributed by atoms with E-state index in [0.717, 1.165) is 31.2 Å². The van der Waals surface area contributed by atoms with Crippen molar-refractivity contribution in [2.45, 2.75) is 72.1 Å². The van der Waals surface area contributed by atoms with Gasteiger partial charge in [0.15, 0.2) is 0 Å². The van der Waals surface area contributed by atoms with Gasteiger partial charge in [0.05, 0.1) is 6.10 Å². The molecule has 5 heteroatoms. The predicted octanol–water partition coefficient (Wildman–Crippen LogP) is 3.61. The second-order valence-electron chi connectivity index (χ2n) is 10.0. The summed E-state index contributed by atoms with van der Waals surface area (Å²) in [5.74, 6) is 0.0852. The van der Waals surface area contributed by atoms with Gasteiger partial charge in [-0.05, 0) is 54.4 Å². The highest BCUT2D eigenvalue weighted by atomic mass is 16.3. The van der Waals surface area contributed by atoms with E-state index in [-0.39, 0.29) is 46.9 Å². The lowest BCUT2D eigenvalue weighted by Gasteiger charge is -2.56. The van der Waals surface area contributed by atoms with E-state index in [1.54, 1.807) is 11.8 Å². The largest absolute Gasteiger partial charge is 0.392 e. The number of nitrogens with one attached hydrogen (secondary N) is 1. The molecule has 2 aliphatic carbocycles. The minimum Gasteiger partial charge on any atom is -0.392 e. The first-order valence-electron chi connectivity index (χ1n) is 11.4. The first-order chi connectivity index (χ1) is 14.1. The molecule has 30 heavy (non-hydrogen) atoms. The molecule has 2 amide bonds. The Bertz CT molecular complexity index is 752. The van der Waals surface area contributed by atoms with E-state index in [4.69, 9.17) is 0 Å². The topological polar surface area (TPSA) is 69.6 Å². The van der Waals surface area contributed by atoms with Crippen LogP contribution in [0, 0.1) is 29.1 Å². The number of hydrogen-bond acceptors (Lipinski definition) is 3. The van der Waals surface area contributed by atoms with Crippen molar-refractivity contribution in [1.82, 2.24) is 10.2 Å². The zero-order valence-electron chi connectivity index (χ0n) is 19.1. The van der Waals surface area contributed by atoms with Crippen LogP contribution in [0.5, 0.6) is 0 Å². The average molecular weight is 415 g/mol. The number of aliphatic hydroxyl groups is 1. The van der Waals surface area contributed by atoms with Crippen molar-refractivity contribution in [3.63, 3.8) is 0 Å². The molecule has 0 heterocycles. The van der Waals surface area contributed by atoms with Gasteiger partial charge in [-0.25, -0.2) is 0 Å². The molecule has 1 unspecified atom stereocenters. The Labute approximate surface area is 181 Å². The van der Waals surface area contributed by atoms with Crippen LogP contribution in [0.3, 0.4) is 0 Å². The molecular formula is C25H38N2O3. The van der Waals surface area contributed by atoms with Gasteiger partial charge in [0, 0.05) is 32.5 Å². The highest BCUT2D eigenvalue weighted by Gasteiger charge is 2.53. The molecule has 1 aromatic rings. The second-order valence-corrected chi connectivity index (χ2v) is 10.0. The van der Waals surface area contributed by atoms with Crippen LogP contribution >= 0.6 is 0 Å². The standard InChI is InChI=1S/C25H38N2O3/c1-16(24(30)27(5)15-19-9-7-6-8-10-19)20-11-13-25(4)14-12-21(26-18(3)28)17(2)22(25)23(20)29/h6-10,16-17,20-23,29H,11-15H2,1-5H3,(H,26,28)/t16-,17+,20?,21-,22+,23-,25-/m0/s1. The molecule has 0 spiro atoms. The number of aliphatic hydroxyl groups excluding tert-OH is 1. The molecule has 5 nitrogen and oxygen atoms in total. The summed E-state index contributed by atoms with van der Waals surface area (Å²) in [4.78, 5) is 26.6. The molecule has 0 aliphatic heterocycles. The van der Waals surface area contributed by atoms with Crippen LogP contribution in [0.4, 0.5) is 0 Å². The number of carbonyl (C=O) groups excluding carboxylic acids is 2. The zero-order valence-corrected chi connectivity index (χ0v) is 19.1. The summed E-state index contributed by atoms with van der Waals surface area (Å²) in [7, 11) is 1.85. The van der Waals surface area contributed by atoms with Crippen molar-refractivity contribution in [2.24, 2.45) is 29.1 Å². The van der Waals surface area contributed by atoms with Gasteiger partial charge in [-0.2, -0.15) is 0 Å². The predicted molar refractivity (Wildman–Crippen MR) is 118 cm³/mol. The Hall–Kier alpha value is -1.88. The number of carbonyl (C=O) groups is 2. The molecule has 7 atom stereocenters. The summed E-state index contributed by atoms with van der Waals surface area (Å²) < 4.78 is 0. The third kappa shape index (κ3) is 4.56. The first-order valence-corrected chi connectivity index (χ1v) is 11.4. The van der Waals surface area contributed by atoms with Crippen LogP contribution in [0.2, 0.25) is 0 Å². The smallest absolute Gasteiger partial charge is 0.225 e. The van der Waals surface area contributed by atoms with E-state index in [1.807, 2.05) is 44.3 Å². The van der Waals surface area contributed by atoms with Crippen molar-refractivity contribution in [1.29, 1.82) is 0 Å². The first kappa shape index (κ1) is 22.8. The number of nitrogens with zero attached hydrogens (tertiary/aromatic N) is 1. The molecule has 0 aromatic heterocycles. The van der Waals surface area contributed by atoms with Crippen LogP contribution in [0.1, 0.15) is 58.9 Å².